The normalized spacial score (nSPS) is 30.9. The van der Waals surface area contributed by atoms with Crippen LogP contribution in [-0.2, 0) is 0 Å². The summed E-state index contributed by atoms with van der Waals surface area (Å²) in [5, 5.41) is 5.36. The molecule has 5 aromatic rings. The zero-order valence-corrected chi connectivity index (χ0v) is 19.5. The van der Waals surface area contributed by atoms with E-state index < -0.39 is 0 Å². The highest BCUT2D eigenvalue weighted by Crippen LogP contribution is 2.68. The fourth-order valence-electron chi connectivity index (χ4n) is 9.54. The van der Waals surface area contributed by atoms with Crippen LogP contribution in [0.15, 0.2) is 72.8 Å². The summed E-state index contributed by atoms with van der Waals surface area (Å²) in [7, 11) is 0. The molecule has 5 aliphatic carbocycles. The lowest BCUT2D eigenvalue weighted by Gasteiger charge is -2.59. The van der Waals surface area contributed by atoms with Crippen LogP contribution in [0.3, 0.4) is 0 Å². The topological polar surface area (TPSA) is 15.8 Å². The third kappa shape index (κ3) is 2.22. The molecule has 166 valence electrons. The summed E-state index contributed by atoms with van der Waals surface area (Å²) in [6.07, 6.45) is 8.88. The highest BCUT2D eigenvalue weighted by atomic mass is 14.7. The van der Waals surface area contributed by atoms with Crippen LogP contribution in [0.2, 0.25) is 0 Å². The van der Waals surface area contributed by atoms with Gasteiger partial charge >= 0.3 is 0 Å². The Morgan fingerprint density at radius 1 is 0.647 bits per heavy atom. The van der Waals surface area contributed by atoms with Crippen molar-refractivity contribution in [1.29, 1.82) is 0 Å². The molecule has 0 amide bonds. The number of rotatable bonds is 1. The Labute approximate surface area is 200 Å². The molecule has 4 bridgehead atoms. The second kappa shape index (κ2) is 6.13. The Hall–Kier alpha value is -3.06. The summed E-state index contributed by atoms with van der Waals surface area (Å²) in [5.74, 6) is 3.51. The van der Waals surface area contributed by atoms with Gasteiger partial charge in [0, 0.05) is 27.8 Å². The SMILES string of the molecule is c1ccc2c(c1)-c1c(ccc3c1[nH]c1cc4ccccc4cc13)C2C12CC3CC(CC(C3)C1)C2. The maximum atomic E-state index is 3.91. The molecule has 0 spiro atoms. The third-order valence-electron chi connectivity index (χ3n) is 10.2. The van der Waals surface area contributed by atoms with Crippen LogP contribution in [0.25, 0.3) is 43.7 Å². The van der Waals surface area contributed by atoms with Crippen molar-refractivity contribution in [2.24, 2.45) is 23.2 Å². The largest absolute Gasteiger partial charge is 0.354 e. The van der Waals surface area contributed by atoms with E-state index in [4.69, 9.17) is 0 Å². The summed E-state index contributed by atoms with van der Waals surface area (Å²) in [5.41, 5.74) is 9.28. The van der Waals surface area contributed by atoms with E-state index in [1.54, 1.807) is 11.1 Å². The van der Waals surface area contributed by atoms with Crippen molar-refractivity contribution in [2.45, 2.75) is 44.4 Å². The molecule has 1 N–H and O–H groups in total. The average molecular weight is 440 g/mol. The van der Waals surface area contributed by atoms with Crippen molar-refractivity contribution in [3.63, 3.8) is 0 Å². The number of benzene rings is 4. The second-order valence-corrected chi connectivity index (χ2v) is 12.1. The predicted molar refractivity (Wildman–Crippen MR) is 141 cm³/mol. The van der Waals surface area contributed by atoms with Gasteiger partial charge in [-0.25, -0.2) is 0 Å². The standard InChI is InChI=1S/C33H29N/c1-2-6-23-15-29-28(14-22(23)5-1)26-9-10-27-30(32(26)34-29)24-7-3-4-8-25(24)31(27)33-16-19-11-20(17-33)13-21(12-19)18-33/h1-10,14-15,19-21,31,34H,11-13,16-18H2. The van der Waals surface area contributed by atoms with Crippen LogP contribution in [0.4, 0.5) is 0 Å². The monoisotopic (exact) mass is 439 g/mol. The molecule has 1 unspecified atom stereocenters. The fourth-order valence-corrected chi connectivity index (χ4v) is 9.54. The molecular formula is C33H29N. The molecule has 1 heteroatoms. The van der Waals surface area contributed by atoms with Crippen molar-refractivity contribution >= 4 is 32.6 Å². The van der Waals surface area contributed by atoms with Gasteiger partial charge in [0.15, 0.2) is 0 Å². The first kappa shape index (κ1) is 18.3. The van der Waals surface area contributed by atoms with Gasteiger partial charge in [0.25, 0.3) is 0 Å². The van der Waals surface area contributed by atoms with Crippen molar-refractivity contribution in [1.82, 2.24) is 4.98 Å². The van der Waals surface area contributed by atoms with Crippen molar-refractivity contribution < 1.29 is 0 Å². The molecular weight excluding hydrogens is 410 g/mol. The smallest absolute Gasteiger partial charge is 0.0547 e. The molecule has 1 heterocycles. The first-order valence-corrected chi connectivity index (χ1v) is 13.3. The van der Waals surface area contributed by atoms with Crippen molar-refractivity contribution in [2.75, 3.05) is 0 Å². The molecule has 4 saturated carbocycles. The van der Waals surface area contributed by atoms with Crippen LogP contribution in [-0.4, -0.2) is 4.98 Å². The molecule has 4 aromatic carbocycles. The molecule has 0 saturated heterocycles. The second-order valence-electron chi connectivity index (χ2n) is 12.1. The first-order chi connectivity index (χ1) is 16.8. The fraction of sp³-hybridized carbons (Fsp3) is 0.333. The quantitative estimate of drug-likeness (QED) is 0.268. The molecule has 5 aliphatic rings. The Morgan fingerprint density at radius 2 is 1.32 bits per heavy atom. The van der Waals surface area contributed by atoms with E-state index in [1.807, 2.05) is 0 Å². The maximum absolute atomic E-state index is 3.91. The predicted octanol–water partition coefficient (Wildman–Crippen LogP) is 8.80. The number of aromatic amines is 1. The number of fused-ring (bicyclic) bond motifs is 8. The van der Waals surface area contributed by atoms with Gasteiger partial charge in [-0.3, -0.25) is 0 Å². The summed E-state index contributed by atoms with van der Waals surface area (Å²) < 4.78 is 0. The number of aromatic nitrogens is 1. The molecule has 0 radical (unpaired) electrons. The van der Waals surface area contributed by atoms with Gasteiger partial charge in [-0.05, 0) is 101 Å². The van der Waals surface area contributed by atoms with Crippen molar-refractivity contribution in [3.05, 3.63) is 83.9 Å². The van der Waals surface area contributed by atoms with E-state index in [0.717, 1.165) is 17.8 Å². The average Bonchev–Trinajstić information content (AvgIpc) is 3.37. The van der Waals surface area contributed by atoms with Gasteiger partial charge in [0.05, 0.1) is 5.52 Å². The van der Waals surface area contributed by atoms with E-state index in [2.05, 4.69) is 77.8 Å². The number of H-pyrrole nitrogens is 1. The van der Waals surface area contributed by atoms with Gasteiger partial charge < -0.3 is 4.98 Å². The van der Waals surface area contributed by atoms with Crippen LogP contribution in [0.5, 0.6) is 0 Å². The summed E-state index contributed by atoms with van der Waals surface area (Å²) in [6.45, 7) is 0. The van der Waals surface area contributed by atoms with Crippen molar-refractivity contribution in [3.8, 4) is 11.1 Å². The Morgan fingerprint density at radius 3 is 2.09 bits per heavy atom. The van der Waals surface area contributed by atoms with Crippen LogP contribution >= 0.6 is 0 Å². The lowest BCUT2D eigenvalue weighted by Crippen LogP contribution is -2.48. The Balaban J connectivity index is 1.33. The maximum Gasteiger partial charge on any atom is 0.0547 e. The van der Waals surface area contributed by atoms with Crippen LogP contribution in [0, 0.1) is 23.2 Å². The lowest BCUT2D eigenvalue weighted by molar-refractivity contribution is -0.0612. The summed E-state index contributed by atoms with van der Waals surface area (Å²) in [4.78, 5) is 3.91. The molecule has 4 fully saturated rings. The van der Waals surface area contributed by atoms with E-state index in [1.165, 1.54) is 82.2 Å². The van der Waals surface area contributed by atoms with Gasteiger partial charge in [0.2, 0.25) is 0 Å². The zero-order valence-electron chi connectivity index (χ0n) is 19.5. The highest BCUT2D eigenvalue weighted by molar-refractivity contribution is 6.16. The van der Waals surface area contributed by atoms with Crippen LogP contribution in [0.1, 0.15) is 55.6 Å². The van der Waals surface area contributed by atoms with Gasteiger partial charge in [0.1, 0.15) is 0 Å². The van der Waals surface area contributed by atoms with Gasteiger partial charge in [-0.15, -0.1) is 0 Å². The minimum Gasteiger partial charge on any atom is -0.354 e. The third-order valence-corrected chi connectivity index (χ3v) is 10.2. The van der Waals surface area contributed by atoms with Crippen LogP contribution < -0.4 is 0 Å². The minimum absolute atomic E-state index is 0.477. The van der Waals surface area contributed by atoms with E-state index in [-0.39, 0.29) is 0 Å². The molecule has 1 aromatic heterocycles. The minimum atomic E-state index is 0.477. The van der Waals surface area contributed by atoms with Gasteiger partial charge in [-0.1, -0.05) is 60.7 Å². The number of hydrogen-bond donors (Lipinski definition) is 1. The van der Waals surface area contributed by atoms with E-state index >= 15 is 0 Å². The molecule has 1 nitrogen and oxygen atoms in total. The van der Waals surface area contributed by atoms with E-state index in [9.17, 15) is 0 Å². The molecule has 34 heavy (non-hydrogen) atoms. The molecule has 10 rings (SSSR count). The zero-order chi connectivity index (χ0) is 22.0. The lowest BCUT2D eigenvalue weighted by atomic mass is 9.45. The first-order valence-electron chi connectivity index (χ1n) is 13.3. The summed E-state index contributed by atoms with van der Waals surface area (Å²) in [6, 6.07) is 27.8. The van der Waals surface area contributed by atoms with E-state index in [0.29, 0.717) is 11.3 Å². The van der Waals surface area contributed by atoms with Gasteiger partial charge in [-0.2, -0.15) is 0 Å². The Kier molecular flexibility index (Phi) is 3.30. The number of hydrogen-bond acceptors (Lipinski definition) is 0. The Bertz CT molecular complexity index is 1610. The highest BCUT2D eigenvalue weighted by Gasteiger charge is 2.56. The number of nitrogens with one attached hydrogen (secondary N) is 1. The molecule has 0 aliphatic heterocycles. The molecule has 1 atom stereocenters. The summed E-state index contributed by atoms with van der Waals surface area (Å²) >= 11 is 0.